The third kappa shape index (κ3) is 4.71. The molecule has 1 aromatic carbocycles. The summed E-state index contributed by atoms with van der Waals surface area (Å²) in [5.41, 5.74) is 6.37. The molecule has 0 saturated heterocycles. The Balaban J connectivity index is 2.70. The molecule has 112 valence electrons. The number of hydrogen-bond donors (Lipinski definition) is 2. The zero-order valence-corrected chi connectivity index (χ0v) is 12.1. The number of ether oxygens (including phenoxy) is 3. The van der Waals surface area contributed by atoms with Gasteiger partial charge in [-0.15, -0.1) is 0 Å². The van der Waals surface area contributed by atoms with Crippen molar-refractivity contribution in [2.24, 2.45) is 5.73 Å². The van der Waals surface area contributed by atoms with Gasteiger partial charge in [-0.05, 0) is 25.5 Å². The van der Waals surface area contributed by atoms with Crippen LogP contribution in [0.5, 0.6) is 11.5 Å². The van der Waals surface area contributed by atoms with Gasteiger partial charge in [-0.2, -0.15) is 0 Å². The van der Waals surface area contributed by atoms with Gasteiger partial charge >= 0.3 is 0 Å². The molecule has 0 radical (unpaired) electrons. The van der Waals surface area contributed by atoms with Gasteiger partial charge in [-0.1, -0.05) is 0 Å². The van der Waals surface area contributed by atoms with Crippen LogP contribution >= 0.6 is 0 Å². The largest absolute Gasteiger partial charge is 0.493 e. The van der Waals surface area contributed by atoms with Crippen molar-refractivity contribution in [3.8, 4) is 11.5 Å². The normalized spacial score (nSPS) is 11.8. The second-order valence-electron chi connectivity index (χ2n) is 4.18. The van der Waals surface area contributed by atoms with Crippen molar-refractivity contribution < 1.29 is 19.0 Å². The monoisotopic (exact) mass is 282 g/mol. The van der Waals surface area contributed by atoms with E-state index < -0.39 is 6.04 Å². The van der Waals surface area contributed by atoms with E-state index in [1.54, 1.807) is 32.4 Å². The number of nitrogens with one attached hydrogen (secondary N) is 1. The minimum absolute atomic E-state index is 0.256. The smallest absolute Gasteiger partial charge is 0.241 e. The van der Waals surface area contributed by atoms with Crippen LogP contribution in [0.2, 0.25) is 0 Å². The molecule has 20 heavy (non-hydrogen) atoms. The van der Waals surface area contributed by atoms with Crippen molar-refractivity contribution in [2.45, 2.75) is 19.4 Å². The maximum atomic E-state index is 11.9. The average Bonchev–Trinajstić information content (AvgIpc) is 2.46. The van der Waals surface area contributed by atoms with Crippen LogP contribution in [0.25, 0.3) is 0 Å². The third-order valence-corrected chi connectivity index (χ3v) is 2.70. The highest BCUT2D eigenvalue weighted by Crippen LogP contribution is 2.30. The minimum Gasteiger partial charge on any atom is -0.493 e. The van der Waals surface area contributed by atoms with Gasteiger partial charge in [0.1, 0.15) is 0 Å². The number of nitrogens with two attached hydrogens (primary N) is 1. The van der Waals surface area contributed by atoms with Gasteiger partial charge in [0.25, 0.3) is 0 Å². The zero-order chi connectivity index (χ0) is 15.0. The second kappa shape index (κ2) is 8.39. The molecule has 0 fully saturated rings. The average molecular weight is 282 g/mol. The summed E-state index contributed by atoms with van der Waals surface area (Å²) in [4.78, 5) is 11.9. The van der Waals surface area contributed by atoms with Crippen molar-refractivity contribution in [1.82, 2.24) is 0 Å². The van der Waals surface area contributed by atoms with Crippen LogP contribution in [0.3, 0.4) is 0 Å². The number of methoxy groups -OCH3 is 2. The summed E-state index contributed by atoms with van der Waals surface area (Å²) >= 11 is 0. The molecule has 0 aliphatic carbocycles. The second-order valence-corrected chi connectivity index (χ2v) is 4.18. The van der Waals surface area contributed by atoms with E-state index in [4.69, 9.17) is 19.9 Å². The number of carbonyl (C=O) groups excluding carboxylic acids is 1. The third-order valence-electron chi connectivity index (χ3n) is 2.70. The van der Waals surface area contributed by atoms with Gasteiger partial charge in [-0.25, -0.2) is 0 Å². The molecule has 0 aliphatic heterocycles. The van der Waals surface area contributed by atoms with E-state index in [1.165, 1.54) is 0 Å². The highest BCUT2D eigenvalue weighted by molar-refractivity contribution is 5.94. The van der Waals surface area contributed by atoms with E-state index in [0.29, 0.717) is 36.8 Å². The van der Waals surface area contributed by atoms with Crippen molar-refractivity contribution in [1.29, 1.82) is 0 Å². The molecule has 1 unspecified atom stereocenters. The van der Waals surface area contributed by atoms with Crippen LogP contribution in [0.15, 0.2) is 18.2 Å². The first kappa shape index (κ1) is 16.3. The van der Waals surface area contributed by atoms with Gasteiger partial charge in [0.2, 0.25) is 5.91 Å². The van der Waals surface area contributed by atoms with E-state index >= 15 is 0 Å². The van der Waals surface area contributed by atoms with Crippen molar-refractivity contribution in [3.63, 3.8) is 0 Å². The molecule has 1 rings (SSSR count). The molecule has 6 heteroatoms. The molecule has 3 N–H and O–H groups in total. The van der Waals surface area contributed by atoms with Crippen molar-refractivity contribution in [2.75, 3.05) is 32.8 Å². The van der Waals surface area contributed by atoms with Gasteiger partial charge in [0, 0.05) is 25.5 Å². The minimum atomic E-state index is -0.604. The maximum Gasteiger partial charge on any atom is 0.241 e. The first-order chi connectivity index (χ1) is 9.62. The quantitative estimate of drug-likeness (QED) is 0.753. The Morgan fingerprint density at radius 2 is 2.10 bits per heavy atom. The summed E-state index contributed by atoms with van der Waals surface area (Å²) < 4.78 is 15.5. The molecule has 1 amide bonds. The van der Waals surface area contributed by atoms with Gasteiger partial charge in [0.15, 0.2) is 11.5 Å². The van der Waals surface area contributed by atoms with Crippen molar-refractivity contribution >= 4 is 11.6 Å². The Morgan fingerprint density at radius 1 is 1.35 bits per heavy atom. The van der Waals surface area contributed by atoms with Crippen LogP contribution in [-0.4, -0.2) is 39.4 Å². The molecular formula is C14H22N2O4. The van der Waals surface area contributed by atoms with Crippen LogP contribution in [0, 0.1) is 0 Å². The fourth-order valence-corrected chi connectivity index (χ4v) is 1.63. The lowest BCUT2D eigenvalue weighted by Crippen LogP contribution is -2.36. The molecular weight excluding hydrogens is 260 g/mol. The summed E-state index contributed by atoms with van der Waals surface area (Å²) in [5.74, 6) is 0.944. The summed E-state index contributed by atoms with van der Waals surface area (Å²) in [5, 5.41) is 2.74. The van der Waals surface area contributed by atoms with Crippen LogP contribution in [0.1, 0.15) is 13.3 Å². The van der Waals surface area contributed by atoms with E-state index in [-0.39, 0.29) is 5.91 Å². The number of amides is 1. The van der Waals surface area contributed by atoms with Crippen LogP contribution in [-0.2, 0) is 9.53 Å². The first-order valence-electron chi connectivity index (χ1n) is 6.48. The lowest BCUT2D eigenvalue weighted by atomic mass is 10.2. The standard InChI is InChI=1S/C14H22N2O4/c1-4-20-12-6-5-10(9-13(12)19-3)16-14(17)11(15)7-8-18-2/h5-6,9,11H,4,7-8,15H2,1-3H3,(H,16,17). The van der Waals surface area contributed by atoms with E-state index in [0.717, 1.165) is 0 Å². The molecule has 6 nitrogen and oxygen atoms in total. The maximum absolute atomic E-state index is 11.9. The van der Waals surface area contributed by atoms with Gasteiger partial charge in [0.05, 0.1) is 19.8 Å². The van der Waals surface area contributed by atoms with Crippen LogP contribution in [0.4, 0.5) is 5.69 Å². The van der Waals surface area contributed by atoms with Gasteiger partial charge in [-0.3, -0.25) is 4.79 Å². The molecule has 1 aromatic rings. The summed E-state index contributed by atoms with van der Waals surface area (Å²) in [6.45, 7) is 2.88. The van der Waals surface area contributed by atoms with Crippen molar-refractivity contribution in [3.05, 3.63) is 18.2 Å². The van der Waals surface area contributed by atoms with Gasteiger partial charge < -0.3 is 25.3 Å². The Morgan fingerprint density at radius 3 is 2.70 bits per heavy atom. The first-order valence-corrected chi connectivity index (χ1v) is 6.48. The highest BCUT2D eigenvalue weighted by atomic mass is 16.5. The van der Waals surface area contributed by atoms with E-state index in [9.17, 15) is 4.79 Å². The fraction of sp³-hybridized carbons (Fsp3) is 0.500. The topological polar surface area (TPSA) is 82.8 Å². The summed E-state index contributed by atoms with van der Waals surface area (Å²) in [7, 11) is 3.12. The lowest BCUT2D eigenvalue weighted by Gasteiger charge is -2.14. The van der Waals surface area contributed by atoms with E-state index in [1.807, 2.05) is 6.92 Å². The highest BCUT2D eigenvalue weighted by Gasteiger charge is 2.14. The molecule has 0 saturated carbocycles. The fourth-order valence-electron chi connectivity index (χ4n) is 1.63. The number of carbonyl (C=O) groups is 1. The molecule has 0 bridgehead atoms. The Hall–Kier alpha value is -1.79. The summed E-state index contributed by atoms with van der Waals surface area (Å²) in [6, 6.07) is 4.59. The summed E-state index contributed by atoms with van der Waals surface area (Å²) in [6.07, 6.45) is 0.469. The van der Waals surface area contributed by atoms with E-state index in [2.05, 4.69) is 5.32 Å². The molecule has 0 spiro atoms. The number of anilines is 1. The molecule has 1 atom stereocenters. The molecule has 0 aliphatic rings. The van der Waals surface area contributed by atoms with Crippen LogP contribution < -0.4 is 20.5 Å². The number of benzene rings is 1. The predicted molar refractivity (Wildman–Crippen MR) is 77.3 cm³/mol. The number of rotatable bonds is 8. The zero-order valence-electron chi connectivity index (χ0n) is 12.1. The molecule has 0 heterocycles. The number of hydrogen-bond acceptors (Lipinski definition) is 5. The Kier molecular flexibility index (Phi) is 6.83. The Bertz CT molecular complexity index is 437. The lowest BCUT2D eigenvalue weighted by molar-refractivity contribution is -0.117. The molecule has 0 aromatic heterocycles. The Labute approximate surface area is 119 Å². The SMILES string of the molecule is CCOc1ccc(NC(=O)C(N)CCOC)cc1OC. The predicted octanol–water partition coefficient (Wildman–Crippen LogP) is 1.40.